The van der Waals surface area contributed by atoms with Gasteiger partial charge in [-0.15, -0.1) is 0 Å². The quantitative estimate of drug-likeness (QED) is 0.472. The number of nitrogens with zero attached hydrogens (tertiary/aromatic N) is 1. The van der Waals surface area contributed by atoms with Crippen molar-refractivity contribution < 1.29 is 13.4 Å². The SMILES string of the molecule is CB(O)N1CC(S(=O)(=O)Cl)C1. The van der Waals surface area contributed by atoms with Crippen molar-refractivity contribution in [2.45, 2.75) is 12.1 Å². The fourth-order valence-electron chi connectivity index (χ4n) is 0.953. The van der Waals surface area contributed by atoms with Crippen LogP contribution in [0.15, 0.2) is 0 Å². The predicted molar refractivity (Wildman–Crippen MR) is 44.0 cm³/mol. The summed E-state index contributed by atoms with van der Waals surface area (Å²) in [4.78, 5) is 1.63. The van der Waals surface area contributed by atoms with Crippen molar-refractivity contribution in [3.8, 4) is 0 Å². The molecule has 1 heterocycles. The van der Waals surface area contributed by atoms with Gasteiger partial charge < -0.3 is 9.83 Å². The summed E-state index contributed by atoms with van der Waals surface area (Å²) < 4.78 is 21.3. The van der Waals surface area contributed by atoms with Gasteiger partial charge >= 0.3 is 7.05 Å². The van der Waals surface area contributed by atoms with E-state index in [-0.39, 0.29) is 0 Å². The van der Waals surface area contributed by atoms with Gasteiger partial charge in [0.1, 0.15) is 0 Å². The molecule has 1 N–H and O–H groups in total. The van der Waals surface area contributed by atoms with Crippen molar-refractivity contribution in [3.05, 3.63) is 0 Å². The Morgan fingerprint density at radius 1 is 1.64 bits per heavy atom. The maximum absolute atomic E-state index is 10.6. The third-order valence-electron chi connectivity index (χ3n) is 1.80. The van der Waals surface area contributed by atoms with Gasteiger partial charge in [0, 0.05) is 23.8 Å². The fraction of sp³-hybridized carbons (Fsp3) is 1.00. The molecular weight excluding hydrogens is 188 g/mol. The number of rotatable bonds is 2. The Labute approximate surface area is 70.7 Å². The average Bonchev–Trinajstić information content (AvgIpc) is 1.51. The lowest BCUT2D eigenvalue weighted by molar-refractivity contribution is 0.276. The Balaban J connectivity index is 2.42. The lowest BCUT2D eigenvalue weighted by Crippen LogP contribution is -2.58. The predicted octanol–water partition coefficient (Wildman–Crippen LogP) is -0.650. The molecule has 0 bridgehead atoms. The van der Waals surface area contributed by atoms with Gasteiger partial charge in [-0.2, -0.15) is 0 Å². The van der Waals surface area contributed by atoms with Gasteiger partial charge in [0.05, 0.1) is 5.25 Å². The zero-order valence-corrected chi connectivity index (χ0v) is 7.64. The van der Waals surface area contributed by atoms with Crippen molar-refractivity contribution >= 4 is 26.8 Å². The second kappa shape index (κ2) is 2.93. The highest BCUT2D eigenvalue weighted by Gasteiger charge is 2.38. The summed E-state index contributed by atoms with van der Waals surface area (Å²) in [6.07, 6.45) is 0. The van der Waals surface area contributed by atoms with E-state index in [4.69, 9.17) is 15.7 Å². The van der Waals surface area contributed by atoms with E-state index >= 15 is 0 Å². The summed E-state index contributed by atoms with van der Waals surface area (Å²) in [7, 11) is 1.08. The first-order valence-corrected chi connectivity index (χ1v) is 5.64. The molecule has 0 spiro atoms. The van der Waals surface area contributed by atoms with Crippen LogP contribution in [0.5, 0.6) is 0 Å². The molecule has 0 aromatic carbocycles. The Morgan fingerprint density at radius 3 is 2.36 bits per heavy atom. The largest absolute Gasteiger partial charge is 0.437 e. The van der Waals surface area contributed by atoms with Crippen LogP contribution < -0.4 is 0 Å². The van der Waals surface area contributed by atoms with Crippen molar-refractivity contribution in [2.75, 3.05) is 13.1 Å². The zero-order chi connectivity index (χ0) is 8.65. The molecule has 1 saturated heterocycles. The standard InChI is InChI=1S/C4H9BClNO3S/c1-5(8)7-2-4(3-7)11(6,9)10/h4,8H,2-3H2,1H3. The molecule has 0 atom stereocenters. The van der Waals surface area contributed by atoms with Gasteiger partial charge in [0.25, 0.3) is 0 Å². The van der Waals surface area contributed by atoms with Gasteiger partial charge in [-0.3, -0.25) is 0 Å². The molecule has 0 unspecified atom stereocenters. The van der Waals surface area contributed by atoms with Crippen molar-refractivity contribution in [2.24, 2.45) is 0 Å². The topological polar surface area (TPSA) is 57.6 Å². The second-order valence-electron chi connectivity index (χ2n) is 2.68. The fourth-order valence-corrected chi connectivity index (χ4v) is 2.03. The zero-order valence-electron chi connectivity index (χ0n) is 6.07. The first kappa shape index (κ1) is 9.31. The third kappa shape index (κ3) is 2.08. The summed E-state index contributed by atoms with van der Waals surface area (Å²) in [5, 5.41) is 8.44. The van der Waals surface area contributed by atoms with E-state index < -0.39 is 21.4 Å². The molecule has 1 aliphatic heterocycles. The molecule has 0 aromatic heterocycles. The minimum absolute atomic E-state index is 0.337. The highest BCUT2D eigenvalue weighted by Crippen LogP contribution is 2.19. The third-order valence-corrected chi connectivity index (χ3v) is 3.65. The lowest BCUT2D eigenvalue weighted by Gasteiger charge is -2.37. The number of halogens is 1. The van der Waals surface area contributed by atoms with Crippen LogP contribution >= 0.6 is 10.7 Å². The molecule has 64 valence electrons. The number of hydrogen-bond acceptors (Lipinski definition) is 4. The van der Waals surface area contributed by atoms with Crippen LogP contribution in [0.3, 0.4) is 0 Å². The molecule has 7 heteroatoms. The maximum atomic E-state index is 10.6. The van der Waals surface area contributed by atoms with Crippen LogP contribution in [0.4, 0.5) is 0 Å². The first-order valence-electron chi connectivity index (χ1n) is 3.27. The Bertz CT molecular complexity index is 236. The second-order valence-corrected chi connectivity index (χ2v) is 5.59. The van der Waals surface area contributed by atoms with Crippen molar-refractivity contribution in [1.29, 1.82) is 0 Å². The lowest BCUT2D eigenvalue weighted by atomic mass is 9.81. The van der Waals surface area contributed by atoms with E-state index in [1.54, 1.807) is 11.6 Å². The van der Waals surface area contributed by atoms with Gasteiger partial charge in [-0.1, -0.05) is 0 Å². The molecule has 0 amide bonds. The monoisotopic (exact) mass is 197 g/mol. The van der Waals surface area contributed by atoms with Crippen LogP contribution in [0, 0.1) is 0 Å². The smallest absolute Gasteiger partial charge is 0.376 e. The van der Waals surface area contributed by atoms with Gasteiger partial charge in [-0.25, -0.2) is 8.42 Å². The van der Waals surface area contributed by atoms with Crippen LogP contribution in [-0.2, 0) is 9.05 Å². The average molecular weight is 197 g/mol. The highest BCUT2D eigenvalue weighted by molar-refractivity contribution is 8.14. The van der Waals surface area contributed by atoms with Crippen molar-refractivity contribution in [1.82, 2.24) is 4.81 Å². The van der Waals surface area contributed by atoms with Crippen LogP contribution in [0.25, 0.3) is 0 Å². The van der Waals surface area contributed by atoms with Crippen molar-refractivity contribution in [3.63, 3.8) is 0 Å². The van der Waals surface area contributed by atoms with Crippen LogP contribution in [0.2, 0.25) is 6.82 Å². The molecule has 0 aromatic rings. The highest BCUT2D eigenvalue weighted by atomic mass is 35.7. The summed E-state index contributed by atoms with van der Waals surface area (Å²) in [6, 6.07) is 0. The first-order chi connectivity index (χ1) is 4.91. The number of hydrogen-bond donors (Lipinski definition) is 1. The molecule has 1 aliphatic rings. The molecule has 11 heavy (non-hydrogen) atoms. The Morgan fingerprint density at radius 2 is 2.09 bits per heavy atom. The molecule has 4 nitrogen and oxygen atoms in total. The van der Waals surface area contributed by atoms with E-state index in [2.05, 4.69) is 0 Å². The molecular formula is C4H9BClNO3S. The van der Waals surface area contributed by atoms with E-state index in [0.717, 1.165) is 0 Å². The van der Waals surface area contributed by atoms with E-state index in [9.17, 15) is 8.42 Å². The summed E-state index contributed by atoms with van der Waals surface area (Å²) >= 11 is 0. The molecule has 0 radical (unpaired) electrons. The van der Waals surface area contributed by atoms with Crippen LogP contribution in [-0.4, -0.2) is 43.6 Å². The summed E-state index contributed by atoms with van der Waals surface area (Å²) in [6.45, 7) is 2.27. The summed E-state index contributed by atoms with van der Waals surface area (Å²) in [5.41, 5.74) is 0. The molecule has 1 rings (SSSR count). The van der Waals surface area contributed by atoms with E-state index in [1.807, 2.05) is 0 Å². The molecule has 1 fully saturated rings. The Kier molecular flexibility index (Phi) is 2.48. The van der Waals surface area contributed by atoms with E-state index in [0.29, 0.717) is 13.1 Å². The van der Waals surface area contributed by atoms with Gasteiger partial charge in [0.2, 0.25) is 9.05 Å². The maximum Gasteiger partial charge on any atom is 0.376 e. The van der Waals surface area contributed by atoms with Gasteiger partial charge in [0.15, 0.2) is 0 Å². The van der Waals surface area contributed by atoms with Gasteiger partial charge in [-0.05, 0) is 6.82 Å². The molecule has 0 aliphatic carbocycles. The Hall–Kier alpha value is 0.225. The van der Waals surface area contributed by atoms with E-state index in [1.165, 1.54) is 0 Å². The minimum Gasteiger partial charge on any atom is -0.437 e. The molecule has 0 saturated carbocycles. The minimum atomic E-state index is -3.41. The normalized spacial score (nSPS) is 21.4. The van der Waals surface area contributed by atoms with Crippen LogP contribution in [0.1, 0.15) is 0 Å². The summed E-state index contributed by atoms with van der Waals surface area (Å²) in [5.74, 6) is 0.